The summed E-state index contributed by atoms with van der Waals surface area (Å²) in [6.07, 6.45) is 9.23. The first-order valence-electron chi connectivity index (χ1n) is 14.4. The summed E-state index contributed by atoms with van der Waals surface area (Å²) in [5.74, 6) is 2.24. The van der Waals surface area contributed by atoms with E-state index in [9.17, 15) is 14.4 Å². The van der Waals surface area contributed by atoms with Crippen molar-refractivity contribution in [2.75, 3.05) is 19.7 Å². The van der Waals surface area contributed by atoms with E-state index in [4.69, 9.17) is 4.74 Å². The van der Waals surface area contributed by atoms with Crippen molar-refractivity contribution >= 4 is 17.9 Å². The number of rotatable bonds is 7. The molecule has 1 aliphatic heterocycles. The van der Waals surface area contributed by atoms with Gasteiger partial charge in [0.25, 0.3) is 5.91 Å². The number of ether oxygens (including phenoxy) is 1. The summed E-state index contributed by atoms with van der Waals surface area (Å²) in [7, 11) is 0. The molecule has 7 heteroatoms. The minimum Gasteiger partial charge on any atom is -0.450 e. The molecule has 5 fully saturated rings. The number of nitrogens with zero attached hydrogens (tertiary/aromatic N) is 1. The number of hydrogen-bond donors (Lipinski definition) is 2. The van der Waals surface area contributed by atoms with Gasteiger partial charge in [-0.15, -0.1) is 0 Å². The molecule has 1 heterocycles. The molecule has 6 rings (SSSR count). The average molecular weight is 510 g/mol. The largest absolute Gasteiger partial charge is 0.450 e. The van der Waals surface area contributed by atoms with E-state index in [1.807, 2.05) is 26.0 Å². The highest BCUT2D eigenvalue weighted by Crippen LogP contribution is 2.60. The van der Waals surface area contributed by atoms with Crippen molar-refractivity contribution in [1.82, 2.24) is 15.5 Å². The van der Waals surface area contributed by atoms with Crippen LogP contribution in [0.2, 0.25) is 0 Å². The molecule has 3 amide bonds. The normalized spacial score (nSPS) is 29.7. The maximum Gasteiger partial charge on any atom is 0.409 e. The molecule has 202 valence electrons. The fourth-order valence-corrected chi connectivity index (χ4v) is 7.91. The van der Waals surface area contributed by atoms with Crippen molar-refractivity contribution in [1.29, 1.82) is 0 Å². The molecule has 1 aromatic rings. The molecule has 0 aromatic heterocycles. The summed E-state index contributed by atoms with van der Waals surface area (Å²) in [5.41, 5.74) is 2.32. The third-order valence-electron chi connectivity index (χ3n) is 9.40. The third-order valence-corrected chi connectivity index (χ3v) is 9.40. The number of nitrogens with one attached hydrogen (secondary N) is 2. The molecule has 4 bridgehead atoms. The highest BCUT2D eigenvalue weighted by Gasteiger charge is 2.51. The first-order valence-corrected chi connectivity index (χ1v) is 14.4. The van der Waals surface area contributed by atoms with E-state index in [1.54, 1.807) is 11.8 Å². The summed E-state index contributed by atoms with van der Waals surface area (Å²) >= 11 is 0. The van der Waals surface area contributed by atoms with E-state index in [2.05, 4.69) is 22.8 Å². The Balaban J connectivity index is 1.17. The maximum atomic E-state index is 13.1. The molecule has 5 aliphatic rings. The summed E-state index contributed by atoms with van der Waals surface area (Å²) in [6.45, 7) is 7.16. The van der Waals surface area contributed by atoms with E-state index >= 15 is 0 Å². The zero-order valence-corrected chi connectivity index (χ0v) is 22.6. The topological polar surface area (TPSA) is 87.7 Å². The van der Waals surface area contributed by atoms with E-state index in [1.165, 1.54) is 44.1 Å². The molecular weight excluding hydrogens is 466 g/mol. The van der Waals surface area contributed by atoms with Gasteiger partial charge in [-0.3, -0.25) is 9.59 Å². The summed E-state index contributed by atoms with van der Waals surface area (Å²) < 4.78 is 5.07. The van der Waals surface area contributed by atoms with Crippen LogP contribution in [-0.4, -0.2) is 54.6 Å². The molecule has 4 saturated carbocycles. The molecule has 7 nitrogen and oxygen atoms in total. The van der Waals surface area contributed by atoms with Gasteiger partial charge in [0.05, 0.1) is 6.61 Å². The zero-order chi connectivity index (χ0) is 26.2. The van der Waals surface area contributed by atoms with Crippen molar-refractivity contribution in [2.45, 2.75) is 89.6 Å². The Morgan fingerprint density at radius 1 is 0.973 bits per heavy atom. The summed E-state index contributed by atoms with van der Waals surface area (Å²) in [6, 6.07) is 7.61. The van der Waals surface area contributed by atoms with Gasteiger partial charge in [0.15, 0.2) is 0 Å². The Bertz CT molecular complexity index is 961. The Hall–Kier alpha value is -2.57. The van der Waals surface area contributed by atoms with Gasteiger partial charge in [0, 0.05) is 24.7 Å². The minimum atomic E-state index is -0.613. The van der Waals surface area contributed by atoms with Gasteiger partial charge in [0.1, 0.15) is 6.04 Å². The molecule has 1 aromatic carbocycles. The summed E-state index contributed by atoms with van der Waals surface area (Å²) in [5, 5.41) is 6.08. The highest BCUT2D eigenvalue weighted by atomic mass is 16.6. The Labute approximate surface area is 221 Å². The molecule has 37 heavy (non-hydrogen) atoms. The van der Waals surface area contributed by atoms with Gasteiger partial charge in [-0.2, -0.15) is 0 Å². The number of benzene rings is 1. The quantitative estimate of drug-likeness (QED) is 0.560. The molecule has 1 atom stereocenters. The van der Waals surface area contributed by atoms with Crippen LogP contribution in [0, 0.1) is 23.7 Å². The van der Waals surface area contributed by atoms with E-state index < -0.39 is 6.04 Å². The van der Waals surface area contributed by atoms with E-state index in [0.717, 1.165) is 17.8 Å². The average Bonchev–Trinajstić information content (AvgIpc) is 2.86. The number of amides is 3. The first kappa shape index (κ1) is 26.1. The predicted octanol–water partition coefficient (Wildman–Crippen LogP) is 4.65. The van der Waals surface area contributed by atoms with Crippen molar-refractivity contribution < 1.29 is 19.1 Å². The lowest BCUT2D eigenvalue weighted by Crippen LogP contribution is -2.54. The van der Waals surface area contributed by atoms with E-state index in [0.29, 0.717) is 43.5 Å². The molecule has 1 unspecified atom stereocenters. The summed E-state index contributed by atoms with van der Waals surface area (Å²) in [4.78, 5) is 39.9. The molecular formula is C30H43N3O4. The molecule has 0 spiro atoms. The maximum absolute atomic E-state index is 13.1. The molecule has 4 aliphatic carbocycles. The number of carbonyl (C=O) groups excluding carboxylic acids is 3. The van der Waals surface area contributed by atoms with Crippen LogP contribution < -0.4 is 10.6 Å². The fourth-order valence-electron chi connectivity index (χ4n) is 7.91. The Kier molecular flexibility index (Phi) is 7.51. The fraction of sp³-hybridized carbons (Fsp3) is 0.700. The van der Waals surface area contributed by atoms with Crippen LogP contribution in [0.25, 0.3) is 0 Å². The molecule has 1 saturated heterocycles. The predicted molar refractivity (Wildman–Crippen MR) is 142 cm³/mol. The smallest absolute Gasteiger partial charge is 0.409 e. The van der Waals surface area contributed by atoms with Gasteiger partial charge in [-0.05, 0) is 105 Å². The van der Waals surface area contributed by atoms with Gasteiger partial charge in [-0.1, -0.05) is 26.0 Å². The van der Waals surface area contributed by atoms with Crippen LogP contribution in [0.15, 0.2) is 24.3 Å². The minimum absolute atomic E-state index is 0.0177. The van der Waals surface area contributed by atoms with Gasteiger partial charge in [0.2, 0.25) is 5.91 Å². The Morgan fingerprint density at radius 2 is 1.54 bits per heavy atom. The second-order valence-electron chi connectivity index (χ2n) is 12.4. The molecule has 2 N–H and O–H groups in total. The number of piperidine rings is 1. The van der Waals surface area contributed by atoms with Crippen molar-refractivity contribution in [2.24, 2.45) is 23.7 Å². The highest BCUT2D eigenvalue weighted by molar-refractivity contribution is 5.97. The van der Waals surface area contributed by atoms with Gasteiger partial charge in [-0.25, -0.2) is 4.79 Å². The monoisotopic (exact) mass is 509 g/mol. The standard InChI is InChI=1S/C30H43N3O4/c1-4-37-29(36)33-11-9-25(10-12-33)31-28(35)26(19(2)3)32-27(34)23-5-7-24(8-6-23)30-16-20-13-21(17-30)15-22(14-20)18-30/h5-8,19-22,25-26H,4,9-18H2,1-3H3,(H,31,35)(H,32,34). The third kappa shape index (κ3) is 5.51. The zero-order valence-electron chi connectivity index (χ0n) is 22.6. The van der Waals surface area contributed by atoms with Crippen LogP contribution >= 0.6 is 0 Å². The van der Waals surface area contributed by atoms with Crippen molar-refractivity contribution in [3.8, 4) is 0 Å². The van der Waals surface area contributed by atoms with Crippen molar-refractivity contribution in [3.63, 3.8) is 0 Å². The number of hydrogen-bond acceptors (Lipinski definition) is 4. The van der Waals surface area contributed by atoms with E-state index in [-0.39, 0.29) is 29.9 Å². The van der Waals surface area contributed by atoms with Gasteiger partial charge < -0.3 is 20.3 Å². The van der Waals surface area contributed by atoms with Crippen LogP contribution in [0.5, 0.6) is 0 Å². The lowest BCUT2D eigenvalue weighted by atomic mass is 9.48. The SMILES string of the molecule is CCOC(=O)N1CCC(NC(=O)C(NC(=O)c2ccc(C34CC5CC(CC(C5)C3)C4)cc2)C(C)C)CC1. The van der Waals surface area contributed by atoms with Crippen LogP contribution in [0.3, 0.4) is 0 Å². The Morgan fingerprint density at radius 3 is 2.05 bits per heavy atom. The lowest BCUT2D eigenvalue weighted by molar-refractivity contribution is -0.124. The van der Waals surface area contributed by atoms with Crippen LogP contribution in [0.4, 0.5) is 4.79 Å². The second-order valence-corrected chi connectivity index (χ2v) is 12.4. The number of carbonyl (C=O) groups is 3. The first-order chi connectivity index (χ1) is 17.8. The van der Waals surface area contributed by atoms with Crippen LogP contribution in [-0.2, 0) is 14.9 Å². The number of likely N-dealkylation sites (tertiary alicyclic amines) is 1. The second kappa shape index (κ2) is 10.7. The van der Waals surface area contributed by atoms with Crippen LogP contribution in [0.1, 0.15) is 88.1 Å². The lowest BCUT2D eigenvalue weighted by Gasteiger charge is -2.57. The van der Waals surface area contributed by atoms with Gasteiger partial charge >= 0.3 is 6.09 Å². The molecule has 0 radical (unpaired) electrons. The van der Waals surface area contributed by atoms with Crippen molar-refractivity contribution in [3.05, 3.63) is 35.4 Å².